The van der Waals surface area contributed by atoms with E-state index in [9.17, 15) is 0 Å². The summed E-state index contributed by atoms with van der Waals surface area (Å²) in [6, 6.07) is 0. The molecule has 2 heteroatoms. The van der Waals surface area contributed by atoms with Gasteiger partial charge in [0.05, 0.1) is 25.9 Å². The molecule has 1 radical (unpaired) electrons. The fourth-order valence-corrected chi connectivity index (χ4v) is 1.67. The van der Waals surface area contributed by atoms with Crippen LogP contribution >= 0.6 is 0 Å². The van der Waals surface area contributed by atoms with Gasteiger partial charge in [-0.25, -0.2) is 0 Å². The molecule has 1 rings (SSSR count). The standard InChI is InChI=1S/C10H19O2/c1-3-5-9(4-2)10-8-11-6-7-12-10/h9-10H,2-8H2,1H3. The van der Waals surface area contributed by atoms with Crippen LogP contribution in [0.5, 0.6) is 0 Å². The van der Waals surface area contributed by atoms with Gasteiger partial charge in [-0.2, -0.15) is 0 Å². The molecule has 1 saturated heterocycles. The Kier molecular flexibility index (Phi) is 4.62. The van der Waals surface area contributed by atoms with E-state index in [1.165, 1.54) is 12.8 Å². The fraction of sp³-hybridized carbons (Fsp3) is 0.900. The van der Waals surface area contributed by atoms with Crippen LogP contribution in [0.25, 0.3) is 0 Å². The Morgan fingerprint density at radius 2 is 2.33 bits per heavy atom. The number of rotatable bonds is 4. The number of ether oxygens (including phenoxy) is 2. The molecular weight excluding hydrogens is 152 g/mol. The molecule has 12 heavy (non-hydrogen) atoms. The van der Waals surface area contributed by atoms with Crippen molar-refractivity contribution in [2.45, 2.75) is 32.3 Å². The summed E-state index contributed by atoms with van der Waals surface area (Å²) in [5.41, 5.74) is 0. The molecule has 0 bridgehead atoms. The quantitative estimate of drug-likeness (QED) is 0.644. The maximum Gasteiger partial charge on any atom is 0.0837 e. The highest BCUT2D eigenvalue weighted by Crippen LogP contribution is 2.20. The molecule has 2 atom stereocenters. The summed E-state index contributed by atoms with van der Waals surface area (Å²) >= 11 is 0. The molecular formula is C10H19O2. The highest BCUT2D eigenvalue weighted by atomic mass is 16.6. The monoisotopic (exact) mass is 171 g/mol. The molecule has 2 unspecified atom stereocenters. The van der Waals surface area contributed by atoms with E-state index in [1.807, 2.05) is 0 Å². The van der Waals surface area contributed by atoms with E-state index in [0.29, 0.717) is 12.0 Å². The summed E-state index contributed by atoms with van der Waals surface area (Å²) in [5, 5.41) is 0. The third kappa shape index (κ3) is 2.76. The van der Waals surface area contributed by atoms with Crippen LogP contribution in [0.3, 0.4) is 0 Å². The Balaban J connectivity index is 2.29. The van der Waals surface area contributed by atoms with Crippen LogP contribution in [-0.4, -0.2) is 25.9 Å². The third-order valence-corrected chi connectivity index (χ3v) is 2.40. The minimum Gasteiger partial charge on any atom is -0.376 e. The Labute approximate surface area is 75.2 Å². The predicted molar refractivity (Wildman–Crippen MR) is 48.9 cm³/mol. The summed E-state index contributed by atoms with van der Waals surface area (Å²) in [5.74, 6) is 0.593. The van der Waals surface area contributed by atoms with Crippen molar-refractivity contribution < 1.29 is 9.47 Å². The summed E-state index contributed by atoms with van der Waals surface area (Å²) in [6.45, 7) is 8.42. The minimum atomic E-state index is 0.302. The summed E-state index contributed by atoms with van der Waals surface area (Å²) in [4.78, 5) is 0. The van der Waals surface area contributed by atoms with Gasteiger partial charge in [0.15, 0.2) is 0 Å². The van der Waals surface area contributed by atoms with E-state index in [-0.39, 0.29) is 0 Å². The van der Waals surface area contributed by atoms with Crippen molar-refractivity contribution in [2.75, 3.05) is 19.8 Å². The van der Waals surface area contributed by atoms with Crippen LogP contribution in [0.15, 0.2) is 0 Å². The first-order valence-electron chi connectivity index (χ1n) is 4.87. The topological polar surface area (TPSA) is 18.5 Å². The second-order valence-corrected chi connectivity index (χ2v) is 3.32. The zero-order valence-corrected chi connectivity index (χ0v) is 7.92. The lowest BCUT2D eigenvalue weighted by atomic mass is 9.94. The van der Waals surface area contributed by atoms with E-state index in [0.717, 1.165) is 26.2 Å². The van der Waals surface area contributed by atoms with Gasteiger partial charge in [-0.15, -0.1) is 0 Å². The number of hydrogen-bond acceptors (Lipinski definition) is 2. The highest BCUT2D eigenvalue weighted by molar-refractivity contribution is 4.72. The minimum absolute atomic E-state index is 0.302. The van der Waals surface area contributed by atoms with Crippen molar-refractivity contribution in [3.8, 4) is 0 Å². The Hall–Kier alpha value is -0.0800. The van der Waals surface area contributed by atoms with Crippen molar-refractivity contribution >= 4 is 0 Å². The van der Waals surface area contributed by atoms with Crippen LogP contribution in [0, 0.1) is 12.8 Å². The van der Waals surface area contributed by atoms with Crippen molar-refractivity contribution in [1.29, 1.82) is 0 Å². The van der Waals surface area contributed by atoms with Gasteiger partial charge in [-0.05, 0) is 18.8 Å². The summed E-state index contributed by atoms with van der Waals surface area (Å²) in [6.07, 6.45) is 3.68. The molecule has 2 nitrogen and oxygen atoms in total. The lowest BCUT2D eigenvalue weighted by molar-refractivity contribution is -0.111. The third-order valence-electron chi connectivity index (χ3n) is 2.40. The first kappa shape index (κ1) is 10.0. The molecule has 1 aliphatic rings. The van der Waals surface area contributed by atoms with Crippen molar-refractivity contribution in [1.82, 2.24) is 0 Å². The largest absolute Gasteiger partial charge is 0.376 e. The van der Waals surface area contributed by atoms with E-state index in [1.54, 1.807) is 0 Å². The van der Waals surface area contributed by atoms with E-state index >= 15 is 0 Å². The molecule has 0 aromatic carbocycles. The highest BCUT2D eigenvalue weighted by Gasteiger charge is 2.22. The summed E-state index contributed by atoms with van der Waals surface area (Å²) < 4.78 is 11.0. The molecule has 0 aromatic heterocycles. The van der Waals surface area contributed by atoms with E-state index in [2.05, 4.69) is 13.8 Å². The Morgan fingerprint density at radius 3 is 2.83 bits per heavy atom. The average molecular weight is 171 g/mol. The molecule has 1 heterocycles. The maximum absolute atomic E-state index is 5.62. The molecule has 0 spiro atoms. The van der Waals surface area contributed by atoms with Gasteiger partial charge in [0.2, 0.25) is 0 Å². The first-order chi connectivity index (χ1) is 5.88. The van der Waals surface area contributed by atoms with Gasteiger partial charge in [-0.3, -0.25) is 0 Å². The van der Waals surface area contributed by atoms with E-state index < -0.39 is 0 Å². The molecule has 0 amide bonds. The smallest absolute Gasteiger partial charge is 0.0837 e. The second-order valence-electron chi connectivity index (χ2n) is 3.32. The van der Waals surface area contributed by atoms with Crippen LogP contribution < -0.4 is 0 Å². The Morgan fingerprint density at radius 1 is 1.50 bits per heavy atom. The second kappa shape index (κ2) is 5.55. The molecule has 0 aliphatic carbocycles. The SMILES string of the molecule is [CH2]CC(CCC)C1COCCO1. The van der Waals surface area contributed by atoms with Gasteiger partial charge < -0.3 is 9.47 Å². The van der Waals surface area contributed by atoms with Crippen molar-refractivity contribution in [3.05, 3.63) is 6.92 Å². The number of hydrogen-bond donors (Lipinski definition) is 0. The fourth-order valence-electron chi connectivity index (χ4n) is 1.67. The van der Waals surface area contributed by atoms with Crippen LogP contribution in [-0.2, 0) is 9.47 Å². The van der Waals surface area contributed by atoms with Gasteiger partial charge in [0.1, 0.15) is 0 Å². The maximum atomic E-state index is 5.62. The zero-order chi connectivity index (χ0) is 8.81. The lowest BCUT2D eigenvalue weighted by Gasteiger charge is -2.29. The summed E-state index contributed by atoms with van der Waals surface area (Å²) in [7, 11) is 0. The zero-order valence-electron chi connectivity index (χ0n) is 7.92. The van der Waals surface area contributed by atoms with Crippen LogP contribution in [0.2, 0.25) is 0 Å². The van der Waals surface area contributed by atoms with Gasteiger partial charge in [0.25, 0.3) is 0 Å². The van der Waals surface area contributed by atoms with E-state index in [4.69, 9.17) is 9.47 Å². The normalized spacial score (nSPS) is 27.0. The predicted octanol–water partition coefficient (Wildman–Crippen LogP) is 2.04. The first-order valence-corrected chi connectivity index (χ1v) is 4.87. The van der Waals surface area contributed by atoms with Crippen molar-refractivity contribution in [3.63, 3.8) is 0 Å². The van der Waals surface area contributed by atoms with Gasteiger partial charge >= 0.3 is 0 Å². The molecule has 1 aliphatic heterocycles. The van der Waals surface area contributed by atoms with Crippen molar-refractivity contribution in [2.24, 2.45) is 5.92 Å². The van der Waals surface area contributed by atoms with Crippen LogP contribution in [0.4, 0.5) is 0 Å². The molecule has 1 fully saturated rings. The molecule has 71 valence electrons. The molecule has 0 aromatic rings. The van der Waals surface area contributed by atoms with Gasteiger partial charge in [-0.1, -0.05) is 20.3 Å². The average Bonchev–Trinajstić information content (AvgIpc) is 2.15. The molecule has 0 saturated carbocycles. The van der Waals surface area contributed by atoms with Gasteiger partial charge in [0, 0.05) is 0 Å². The molecule has 0 N–H and O–H groups in total. The Bertz CT molecular complexity index is 106. The lowest BCUT2D eigenvalue weighted by Crippen LogP contribution is -2.34. The van der Waals surface area contributed by atoms with Crippen LogP contribution in [0.1, 0.15) is 26.2 Å².